The van der Waals surface area contributed by atoms with E-state index >= 15 is 0 Å². The Hall–Kier alpha value is -1.97. The lowest BCUT2D eigenvalue weighted by Crippen LogP contribution is -2.16. The highest BCUT2D eigenvalue weighted by atomic mass is 15.5. The predicted octanol–water partition coefficient (Wildman–Crippen LogP) is 1.98. The van der Waals surface area contributed by atoms with Gasteiger partial charge in [0.25, 0.3) is 0 Å². The number of nitrogens with one attached hydrogen (secondary N) is 1. The lowest BCUT2D eigenvalue weighted by atomic mass is 10.0. The van der Waals surface area contributed by atoms with Gasteiger partial charge in [0.15, 0.2) is 5.84 Å². The molecule has 1 aliphatic rings. The second kappa shape index (κ2) is 4.50. The molecule has 0 aromatic carbocycles. The molecule has 4 nitrogen and oxygen atoms in total. The van der Waals surface area contributed by atoms with Crippen molar-refractivity contribution in [2.24, 2.45) is 10.1 Å². The Labute approximate surface area is 89.5 Å². The van der Waals surface area contributed by atoms with E-state index in [1.807, 2.05) is 13.0 Å². The minimum Gasteiger partial charge on any atom is -0.283 e. The van der Waals surface area contributed by atoms with E-state index in [0.29, 0.717) is 11.4 Å². The van der Waals surface area contributed by atoms with Crippen LogP contribution in [0.5, 0.6) is 0 Å². The lowest BCUT2D eigenvalue weighted by molar-refractivity contribution is 0.555. The van der Waals surface area contributed by atoms with Gasteiger partial charge in [0.05, 0.1) is 11.3 Å². The van der Waals surface area contributed by atoms with E-state index in [9.17, 15) is 0 Å². The summed E-state index contributed by atoms with van der Waals surface area (Å²) in [4.78, 5) is 3.68. The quantitative estimate of drug-likeness (QED) is 0.552. The Bertz CT molecular complexity index is 399. The summed E-state index contributed by atoms with van der Waals surface area (Å²) in [7, 11) is 1.73. The van der Waals surface area contributed by atoms with Gasteiger partial charge in [-0.05, 0) is 19.2 Å². The summed E-state index contributed by atoms with van der Waals surface area (Å²) in [5, 5.41) is 13.5. The fourth-order valence-corrected chi connectivity index (χ4v) is 1.30. The molecule has 4 heteroatoms. The minimum atomic E-state index is 0.328. The van der Waals surface area contributed by atoms with Crippen molar-refractivity contribution >= 4 is 18.3 Å². The van der Waals surface area contributed by atoms with E-state index in [1.54, 1.807) is 19.3 Å². The van der Waals surface area contributed by atoms with E-state index in [1.165, 1.54) is 5.01 Å². The Balaban J connectivity index is 3.17. The third kappa shape index (κ3) is 2.10. The largest absolute Gasteiger partial charge is 0.283 e. The van der Waals surface area contributed by atoms with Crippen LogP contribution in [0.25, 0.3) is 0 Å². The molecule has 0 aromatic rings. The summed E-state index contributed by atoms with van der Waals surface area (Å²) in [6.07, 6.45) is 5.09. The molecule has 0 saturated heterocycles. The molecule has 0 unspecified atom stereocenters. The van der Waals surface area contributed by atoms with Crippen molar-refractivity contribution in [1.82, 2.24) is 5.01 Å². The third-order valence-electron chi connectivity index (χ3n) is 2.05. The topological polar surface area (TPSA) is 51.8 Å². The zero-order chi connectivity index (χ0) is 11.4. The Morgan fingerprint density at radius 2 is 2.27 bits per heavy atom. The maximum absolute atomic E-state index is 7.77. The average Bonchev–Trinajstić information content (AvgIpc) is 2.47. The third-order valence-corrected chi connectivity index (χ3v) is 2.05. The second-order valence-corrected chi connectivity index (χ2v) is 3.13. The van der Waals surface area contributed by atoms with Crippen LogP contribution >= 0.6 is 0 Å². The smallest absolute Gasteiger partial charge is 0.152 e. The number of aliphatic imine (C=N–C) groups is 1. The van der Waals surface area contributed by atoms with Crippen LogP contribution in [-0.4, -0.2) is 30.3 Å². The predicted molar refractivity (Wildman–Crippen MR) is 64.5 cm³/mol. The molecular formula is C11H14N4. The molecule has 1 aliphatic heterocycles. The first-order chi connectivity index (χ1) is 7.11. The molecule has 0 fully saturated rings. The molecule has 0 aromatic heterocycles. The van der Waals surface area contributed by atoms with E-state index in [-0.39, 0.29) is 0 Å². The van der Waals surface area contributed by atoms with E-state index < -0.39 is 0 Å². The fourth-order valence-electron chi connectivity index (χ4n) is 1.30. The first-order valence-corrected chi connectivity index (χ1v) is 4.49. The van der Waals surface area contributed by atoms with Gasteiger partial charge < -0.3 is 0 Å². The average molecular weight is 202 g/mol. The molecule has 0 amide bonds. The van der Waals surface area contributed by atoms with Crippen LogP contribution in [0, 0.1) is 5.41 Å². The number of nitrogens with zero attached hydrogens (tertiary/aromatic N) is 3. The summed E-state index contributed by atoms with van der Waals surface area (Å²) in [5.41, 5.74) is 2.38. The maximum atomic E-state index is 7.77. The Morgan fingerprint density at radius 3 is 2.80 bits per heavy atom. The summed E-state index contributed by atoms with van der Waals surface area (Å²) >= 11 is 0. The molecule has 0 saturated carbocycles. The van der Waals surface area contributed by atoms with Crippen LogP contribution in [0.4, 0.5) is 0 Å². The highest BCUT2D eigenvalue weighted by Crippen LogP contribution is 2.18. The van der Waals surface area contributed by atoms with Crippen LogP contribution in [0.15, 0.2) is 46.2 Å². The number of likely N-dealkylation sites (N-methyl/N-ethyl adjacent to an activating group) is 1. The van der Waals surface area contributed by atoms with Gasteiger partial charge in [0.1, 0.15) is 0 Å². The van der Waals surface area contributed by atoms with Gasteiger partial charge >= 0.3 is 0 Å². The number of hydrazone groups is 1. The van der Waals surface area contributed by atoms with Crippen LogP contribution in [-0.2, 0) is 0 Å². The van der Waals surface area contributed by atoms with Crippen molar-refractivity contribution in [1.29, 1.82) is 5.41 Å². The number of hydrogen-bond acceptors (Lipinski definition) is 3. The van der Waals surface area contributed by atoms with Gasteiger partial charge in [-0.15, -0.1) is 0 Å². The van der Waals surface area contributed by atoms with Crippen molar-refractivity contribution in [2.75, 3.05) is 7.05 Å². The van der Waals surface area contributed by atoms with Crippen molar-refractivity contribution in [3.63, 3.8) is 0 Å². The molecule has 1 N–H and O–H groups in total. The Kier molecular flexibility index (Phi) is 3.33. The van der Waals surface area contributed by atoms with Crippen molar-refractivity contribution in [3.05, 3.63) is 36.1 Å². The van der Waals surface area contributed by atoms with Crippen molar-refractivity contribution in [2.45, 2.75) is 6.92 Å². The van der Waals surface area contributed by atoms with Gasteiger partial charge in [-0.1, -0.05) is 18.7 Å². The van der Waals surface area contributed by atoms with Gasteiger partial charge in [-0.3, -0.25) is 15.4 Å². The standard InChI is InChI=1S/C11H14N4/c1-5-6-8(2)10-9(7-13-3)11(12)15(4)14-10/h5-7,12H,1,3H2,2,4H3/b8-6+,9-7-,12-11?. The van der Waals surface area contributed by atoms with Gasteiger partial charge in [-0.25, -0.2) is 0 Å². The second-order valence-electron chi connectivity index (χ2n) is 3.13. The van der Waals surface area contributed by atoms with Crippen LogP contribution < -0.4 is 0 Å². The summed E-state index contributed by atoms with van der Waals surface area (Å²) < 4.78 is 0. The first-order valence-electron chi connectivity index (χ1n) is 4.49. The van der Waals surface area contributed by atoms with Crippen LogP contribution in [0.3, 0.4) is 0 Å². The summed E-state index contributed by atoms with van der Waals surface area (Å²) in [6, 6.07) is 0. The Morgan fingerprint density at radius 1 is 1.60 bits per heavy atom. The molecular weight excluding hydrogens is 188 g/mol. The first kappa shape index (κ1) is 11.1. The number of rotatable bonds is 3. The zero-order valence-corrected chi connectivity index (χ0v) is 8.99. The van der Waals surface area contributed by atoms with Crippen molar-refractivity contribution < 1.29 is 0 Å². The van der Waals surface area contributed by atoms with Gasteiger partial charge in [0, 0.05) is 13.2 Å². The zero-order valence-electron chi connectivity index (χ0n) is 8.99. The van der Waals surface area contributed by atoms with E-state index in [4.69, 9.17) is 5.41 Å². The van der Waals surface area contributed by atoms with Gasteiger partial charge in [-0.2, -0.15) is 5.10 Å². The van der Waals surface area contributed by atoms with E-state index in [0.717, 1.165) is 11.3 Å². The monoisotopic (exact) mass is 202 g/mol. The number of amidine groups is 1. The lowest BCUT2D eigenvalue weighted by Gasteiger charge is -2.03. The summed E-state index contributed by atoms with van der Waals surface area (Å²) in [5.74, 6) is 0.328. The van der Waals surface area contributed by atoms with Crippen molar-refractivity contribution in [3.8, 4) is 0 Å². The number of hydrogen-bond donors (Lipinski definition) is 1. The SMILES string of the molecule is C=C/C=C(\C)C1=NN(C)C(=N)/C1=C\N=C. The van der Waals surface area contributed by atoms with Gasteiger partial charge in [0.2, 0.25) is 0 Å². The summed E-state index contributed by atoms with van der Waals surface area (Å²) in [6.45, 7) is 8.93. The molecule has 1 heterocycles. The molecule has 0 atom stereocenters. The molecule has 0 bridgehead atoms. The highest BCUT2D eigenvalue weighted by Gasteiger charge is 2.24. The van der Waals surface area contributed by atoms with E-state index in [2.05, 4.69) is 23.4 Å². The molecule has 0 aliphatic carbocycles. The minimum absolute atomic E-state index is 0.328. The number of allylic oxidation sites excluding steroid dienone is 3. The normalized spacial score (nSPS) is 19.5. The molecule has 0 radical (unpaired) electrons. The van der Waals surface area contributed by atoms with Crippen LogP contribution in [0.2, 0.25) is 0 Å². The fraction of sp³-hybridized carbons (Fsp3) is 0.182. The van der Waals surface area contributed by atoms with Crippen LogP contribution in [0.1, 0.15) is 6.92 Å². The molecule has 1 rings (SSSR count). The highest BCUT2D eigenvalue weighted by molar-refractivity contribution is 6.31. The molecule has 78 valence electrons. The molecule has 0 spiro atoms. The maximum Gasteiger partial charge on any atom is 0.152 e. The molecule has 15 heavy (non-hydrogen) atoms.